The van der Waals surface area contributed by atoms with Gasteiger partial charge in [0, 0.05) is 11.3 Å². The van der Waals surface area contributed by atoms with Gasteiger partial charge >= 0.3 is 0 Å². The zero-order chi connectivity index (χ0) is 20.4. The van der Waals surface area contributed by atoms with E-state index in [0.717, 1.165) is 16.6 Å². The first kappa shape index (κ1) is 18.8. The van der Waals surface area contributed by atoms with Crippen molar-refractivity contribution >= 4 is 32.7 Å². The van der Waals surface area contributed by atoms with E-state index >= 15 is 0 Å². The number of aromatic nitrogens is 3. The average molecular weight is 407 g/mol. The van der Waals surface area contributed by atoms with Crippen LogP contribution in [0.1, 0.15) is 15.9 Å². The molecule has 1 aromatic heterocycles. The van der Waals surface area contributed by atoms with Gasteiger partial charge in [-0.25, -0.2) is 18.2 Å². The molecular formula is C20H17N5O3S. The fraction of sp³-hybridized carbons (Fsp3) is 0.0500. The predicted octanol–water partition coefficient (Wildman–Crippen LogP) is 2.38. The van der Waals surface area contributed by atoms with Crippen molar-refractivity contribution in [3.05, 3.63) is 83.9 Å². The second-order valence-electron chi connectivity index (χ2n) is 6.46. The van der Waals surface area contributed by atoms with Crippen molar-refractivity contribution in [1.82, 2.24) is 15.0 Å². The molecule has 0 aliphatic rings. The molecule has 4 rings (SSSR count). The number of benzene rings is 3. The summed E-state index contributed by atoms with van der Waals surface area (Å²) >= 11 is 0. The van der Waals surface area contributed by atoms with E-state index in [4.69, 9.17) is 5.14 Å². The van der Waals surface area contributed by atoms with Gasteiger partial charge < -0.3 is 5.32 Å². The second-order valence-corrected chi connectivity index (χ2v) is 8.02. The smallest absolute Gasteiger partial charge is 0.255 e. The average Bonchev–Trinajstić information content (AvgIpc) is 3.11. The van der Waals surface area contributed by atoms with Crippen molar-refractivity contribution in [2.45, 2.75) is 11.4 Å². The number of carbonyl (C=O) groups is 1. The molecule has 0 spiro atoms. The number of hydrogen-bond donors (Lipinski definition) is 2. The first-order valence-electron chi connectivity index (χ1n) is 8.71. The number of fused-ring (bicyclic) bond motifs is 1. The van der Waals surface area contributed by atoms with E-state index in [1.54, 1.807) is 16.8 Å². The van der Waals surface area contributed by atoms with E-state index in [1.807, 2.05) is 36.4 Å². The molecule has 0 unspecified atom stereocenters. The zero-order valence-electron chi connectivity index (χ0n) is 15.2. The van der Waals surface area contributed by atoms with Crippen LogP contribution in [0.4, 0.5) is 5.69 Å². The standard InChI is InChI=1S/C20H17N5O3S/c21-29(27,28)17-11-9-16(10-12-17)22-20(26)15-7-5-14(6-8-15)13-25-19-4-2-1-3-18(19)23-24-25/h1-12H,13H2,(H,22,26)(H2,21,27,28). The number of carbonyl (C=O) groups excluding carboxylic acids is 1. The highest BCUT2D eigenvalue weighted by molar-refractivity contribution is 7.89. The van der Waals surface area contributed by atoms with Crippen LogP contribution in [0, 0.1) is 0 Å². The van der Waals surface area contributed by atoms with Crippen molar-refractivity contribution in [2.75, 3.05) is 5.32 Å². The molecule has 1 amide bonds. The van der Waals surface area contributed by atoms with E-state index in [2.05, 4.69) is 15.6 Å². The lowest BCUT2D eigenvalue weighted by Gasteiger charge is -2.07. The van der Waals surface area contributed by atoms with Gasteiger partial charge in [-0.05, 0) is 54.1 Å². The maximum atomic E-state index is 12.4. The second kappa shape index (κ2) is 7.46. The number of para-hydroxylation sites is 1. The van der Waals surface area contributed by atoms with Crippen LogP contribution in [0.5, 0.6) is 0 Å². The molecule has 146 valence electrons. The topological polar surface area (TPSA) is 120 Å². The Morgan fingerprint density at radius 3 is 2.34 bits per heavy atom. The van der Waals surface area contributed by atoms with E-state index in [0.29, 0.717) is 17.8 Å². The van der Waals surface area contributed by atoms with Crippen LogP contribution in [-0.2, 0) is 16.6 Å². The van der Waals surface area contributed by atoms with Crippen molar-refractivity contribution in [3.8, 4) is 0 Å². The number of nitrogens with two attached hydrogens (primary N) is 1. The molecule has 0 bridgehead atoms. The molecule has 0 aliphatic carbocycles. The molecule has 0 aliphatic heterocycles. The molecule has 29 heavy (non-hydrogen) atoms. The van der Waals surface area contributed by atoms with Crippen LogP contribution in [0.3, 0.4) is 0 Å². The third kappa shape index (κ3) is 4.15. The molecule has 1 heterocycles. The van der Waals surface area contributed by atoms with Crippen molar-refractivity contribution < 1.29 is 13.2 Å². The van der Waals surface area contributed by atoms with Gasteiger partial charge in [-0.3, -0.25) is 4.79 Å². The Balaban J connectivity index is 1.45. The van der Waals surface area contributed by atoms with Crippen LogP contribution in [0.2, 0.25) is 0 Å². The van der Waals surface area contributed by atoms with E-state index in [9.17, 15) is 13.2 Å². The van der Waals surface area contributed by atoms with Crippen LogP contribution < -0.4 is 10.5 Å². The molecule has 0 fully saturated rings. The first-order chi connectivity index (χ1) is 13.9. The fourth-order valence-electron chi connectivity index (χ4n) is 2.90. The summed E-state index contributed by atoms with van der Waals surface area (Å²) < 4.78 is 24.4. The number of hydrogen-bond acceptors (Lipinski definition) is 5. The summed E-state index contributed by atoms with van der Waals surface area (Å²) in [6.45, 7) is 0.539. The summed E-state index contributed by atoms with van der Waals surface area (Å²) in [6.07, 6.45) is 0. The molecule has 4 aromatic rings. The summed E-state index contributed by atoms with van der Waals surface area (Å²) in [5.74, 6) is -0.300. The molecule has 3 aromatic carbocycles. The van der Waals surface area contributed by atoms with Gasteiger partial charge in [-0.1, -0.05) is 29.5 Å². The highest BCUT2D eigenvalue weighted by Crippen LogP contribution is 2.16. The quantitative estimate of drug-likeness (QED) is 0.526. The van der Waals surface area contributed by atoms with Crippen LogP contribution in [-0.4, -0.2) is 29.3 Å². The highest BCUT2D eigenvalue weighted by Gasteiger charge is 2.10. The van der Waals surface area contributed by atoms with Gasteiger partial charge in [-0.2, -0.15) is 0 Å². The van der Waals surface area contributed by atoms with Crippen molar-refractivity contribution in [2.24, 2.45) is 5.14 Å². The maximum Gasteiger partial charge on any atom is 0.255 e. The molecule has 0 atom stereocenters. The summed E-state index contributed by atoms with van der Waals surface area (Å²) in [4.78, 5) is 12.4. The summed E-state index contributed by atoms with van der Waals surface area (Å²) in [6, 6.07) is 20.5. The van der Waals surface area contributed by atoms with Gasteiger partial charge in [0.05, 0.1) is 17.0 Å². The Morgan fingerprint density at radius 1 is 0.966 bits per heavy atom. The molecule has 0 saturated heterocycles. The molecule has 8 nitrogen and oxygen atoms in total. The monoisotopic (exact) mass is 407 g/mol. The summed E-state index contributed by atoms with van der Waals surface area (Å²) in [5.41, 5.74) is 3.71. The summed E-state index contributed by atoms with van der Waals surface area (Å²) in [5, 5.41) is 16.1. The Kier molecular flexibility index (Phi) is 4.83. The van der Waals surface area contributed by atoms with E-state index in [-0.39, 0.29) is 10.8 Å². The third-order valence-corrected chi connectivity index (χ3v) is 5.34. The van der Waals surface area contributed by atoms with Gasteiger partial charge in [0.2, 0.25) is 10.0 Å². The van der Waals surface area contributed by atoms with Crippen molar-refractivity contribution in [1.29, 1.82) is 0 Å². The predicted molar refractivity (Wildman–Crippen MR) is 109 cm³/mol. The zero-order valence-corrected chi connectivity index (χ0v) is 16.0. The molecule has 0 radical (unpaired) electrons. The lowest BCUT2D eigenvalue weighted by molar-refractivity contribution is 0.102. The minimum absolute atomic E-state index is 0.0134. The van der Waals surface area contributed by atoms with Gasteiger partial charge in [0.1, 0.15) is 5.52 Å². The Hall–Kier alpha value is -3.56. The molecular weight excluding hydrogens is 390 g/mol. The van der Waals surface area contributed by atoms with Gasteiger partial charge in [0.25, 0.3) is 5.91 Å². The lowest BCUT2D eigenvalue weighted by Crippen LogP contribution is -2.14. The normalized spacial score (nSPS) is 11.5. The molecule has 0 saturated carbocycles. The van der Waals surface area contributed by atoms with Gasteiger partial charge in [0.15, 0.2) is 0 Å². The largest absolute Gasteiger partial charge is 0.322 e. The first-order valence-corrected chi connectivity index (χ1v) is 10.3. The summed E-state index contributed by atoms with van der Waals surface area (Å²) in [7, 11) is -3.76. The number of anilines is 1. The van der Waals surface area contributed by atoms with Crippen LogP contribution >= 0.6 is 0 Å². The fourth-order valence-corrected chi connectivity index (χ4v) is 3.42. The Labute approximate surface area is 167 Å². The number of rotatable bonds is 5. The number of nitrogens with zero attached hydrogens (tertiary/aromatic N) is 3. The lowest BCUT2D eigenvalue weighted by atomic mass is 10.1. The number of sulfonamides is 1. The molecule has 9 heteroatoms. The Morgan fingerprint density at radius 2 is 1.66 bits per heavy atom. The Bertz CT molecular complexity index is 1280. The van der Waals surface area contributed by atoms with E-state index < -0.39 is 10.0 Å². The number of primary sulfonamides is 1. The van der Waals surface area contributed by atoms with Crippen LogP contribution in [0.15, 0.2) is 77.7 Å². The third-order valence-electron chi connectivity index (χ3n) is 4.41. The SMILES string of the molecule is NS(=O)(=O)c1ccc(NC(=O)c2ccc(Cn3nnc4ccccc43)cc2)cc1. The van der Waals surface area contributed by atoms with E-state index in [1.165, 1.54) is 24.3 Å². The minimum atomic E-state index is -3.76. The highest BCUT2D eigenvalue weighted by atomic mass is 32.2. The van der Waals surface area contributed by atoms with Crippen LogP contribution in [0.25, 0.3) is 11.0 Å². The minimum Gasteiger partial charge on any atom is -0.322 e. The van der Waals surface area contributed by atoms with Crippen molar-refractivity contribution in [3.63, 3.8) is 0 Å². The molecule has 3 N–H and O–H groups in total. The maximum absolute atomic E-state index is 12.4. The number of amides is 1. The number of nitrogens with one attached hydrogen (secondary N) is 1. The van der Waals surface area contributed by atoms with Gasteiger partial charge in [-0.15, -0.1) is 5.10 Å².